The van der Waals surface area contributed by atoms with Crippen LogP contribution >= 0.6 is 11.3 Å². The molecule has 1 aliphatic heterocycles. The summed E-state index contributed by atoms with van der Waals surface area (Å²) in [6.07, 6.45) is 3.47. The third-order valence-electron chi connectivity index (χ3n) is 6.10. The monoisotopic (exact) mass is 484 g/mol. The van der Waals surface area contributed by atoms with Crippen molar-refractivity contribution in [3.05, 3.63) is 45.3 Å². The van der Waals surface area contributed by atoms with Crippen LogP contribution < -0.4 is 20.3 Å². The van der Waals surface area contributed by atoms with Crippen LogP contribution in [0, 0.1) is 12.8 Å². The average molecular weight is 485 g/mol. The maximum absolute atomic E-state index is 13.2. The van der Waals surface area contributed by atoms with Crippen molar-refractivity contribution in [3.63, 3.8) is 0 Å². The van der Waals surface area contributed by atoms with Gasteiger partial charge in [0, 0.05) is 19.2 Å². The number of rotatable bonds is 6. The molecule has 0 radical (unpaired) electrons. The highest BCUT2D eigenvalue weighted by Gasteiger charge is 2.24. The van der Waals surface area contributed by atoms with Gasteiger partial charge in [-0.1, -0.05) is 6.92 Å². The molecule has 1 fully saturated rings. The maximum Gasteiger partial charge on any atom is 0.266 e. The average Bonchev–Trinajstić information content (AvgIpc) is 3.18. The van der Waals surface area contributed by atoms with Crippen LogP contribution in [-0.2, 0) is 11.3 Å². The molecule has 0 spiro atoms. The summed E-state index contributed by atoms with van der Waals surface area (Å²) in [5, 5.41) is 3.20. The molecule has 1 saturated heterocycles. The number of likely N-dealkylation sites (tertiary alicyclic amines) is 1. The number of hydrogen-bond acceptors (Lipinski definition) is 7. The predicted molar refractivity (Wildman–Crippen MR) is 131 cm³/mol. The number of aryl methyl sites for hydroxylation is 1. The molecule has 0 saturated carbocycles. The van der Waals surface area contributed by atoms with Crippen molar-refractivity contribution in [2.75, 3.05) is 32.6 Å². The van der Waals surface area contributed by atoms with Crippen LogP contribution in [0.1, 0.15) is 35.0 Å². The molecule has 10 heteroatoms. The van der Waals surface area contributed by atoms with E-state index in [-0.39, 0.29) is 23.9 Å². The SMILES string of the molecule is COc1ccc(NC(=O)c2sc3ncn(CC(=O)N4CCC[C@@H](C)C4)c(=O)c3c2C)c(OC)c1. The van der Waals surface area contributed by atoms with Gasteiger partial charge < -0.3 is 19.7 Å². The highest BCUT2D eigenvalue weighted by Crippen LogP contribution is 2.32. The minimum Gasteiger partial charge on any atom is -0.497 e. The van der Waals surface area contributed by atoms with E-state index < -0.39 is 0 Å². The van der Waals surface area contributed by atoms with Crippen molar-refractivity contribution in [2.45, 2.75) is 33.2 Å². The van der Waals surface area contributed by atoms with Gasteiger partial charge >= 0.3 is 0 Å². The van der Waals surface area contributed by atoms with E-state index in [2.05, 4.69) is 17.2 Å². The van der Waals surface area contributed by atoms with E-state index in [1.165, 1.54) is 18.0 Å². The first-order chi connectivity index (χ1) is 16.3. The summed E-state index contributed by atoms with van der Waals surface area (Å²) in [7, 11) is 3.06. The van der Waals surface area contributed by atoms with Gasteiger partial charge in [0.15, 0.2) is 0 Å². The van der Waals surface area contributed by atoms with Gasteiger partial charge in [-0.15, -0.1) is 11.3 Å². The molecule has 2 aromatic heterocycles. The van der Waals surface area contributed by atoms with E-state index in [1.54, 1.807) is 32.2 Å². The Morgan fingerprint density at radius 3 is 2.76 bits per heavy atom. The zero-order valence-electron chi connectivity index (χ0n) is 19.7. The van der Waals surface area contributed by atoms with Crippen molar-refractivity contribution < 1.29 is 19.1 Å². The second-order valence-corrected chi connectivity index (χ2v) is 9.52. The van der Waals surface area contributed by atoms with Crippen LogP contribution in [0.25, 0.3) is 10.2 Å². The fourth-order valence-corrected chi connectivity index (χ4v) is 5.27. The summed E-state index contributed by atoms with van der Waals surface area (Å²) in [4.78, 5) is 46.0. The van der Waals surface area contributed by atoms with Crippen LogP contribution in [0.4, 0.5) is 5.69 Å². The van der Waals surface area contributed by atoms with E-state index >= 15 is 0 Å². The number of carbonyl (C=O) groups is 2. The molecular formula is C24H28N4O5S. The first-order valence-electron chi connectivity index (χ1n) is 11.1. The Bertz CT molecular complexity index is 1300. The lowest BCUT2D eigenvalue weighted by Gasteiger charge is -2.31. The van der Waals surface area contributed by atoms with Crippen molar-refractivity contribution in [1.82, 2.24) is 14.5 Å². The quantitative estimate of drug-likeness (QED) is 0.576. The molecule has 180 valence electrons. The highest BCUT2D eigenvalue weighted by molar-refractivity contribution is 7.20. The van der Waals surface area contributed by atoms with E-state index in [4.69, 9.17) is 9.47 Å². The molecule has 0 unspecified atom stereocenters. The van der Waals surface area contributed by atoms with Crippen molar-refractivity contribution in [3.8, 4) is 11.5 Å². The normalized spacial score (nSPS) is 15.9. The Labute approximate surface area is 201 Å². The van der Waals surface area contributed by atoms with Crippen molar-refractivity contribution >= 4 is 39.1 Å². The number of aromatic nitrogens is 2. The zero-order chi connectivity index (χ0) is 24.4. The number of amides is 2. The first-order valence-corrected chi connectivity index (χ1v) is 11.9. The van der Waals surface area contributed by atoms with Crippen LogP contribution in [0.5, 0.6) is 11.5 Å². The number of benzene rings is 1. The Balaban J connectivity index is 1.59. The number of nitrogens with one attached hydrogen (secondary N) is 1. The van der Waals surface area contributed by atoms with E-state index in [9.17, 15) is 14.4 Å². The van der Waals surface area contributed by atoms with Crippen LogP contribution in [0.15, 0.2) is 29.3 Å². The standard InChI is InChI=1S/C24H28N4O5S/c1-14-6-5-9-27(11-14)19(29)12-28-13-25-23-20(24(28)31)15(2)21(34-23)22(30)26-17-8-7-16(32-3)10-18(17)33-4/h7-8,10,13-14H,5-6,9,11-12H2,1-4H3,(H,26,30)/t14-/m1/s1. The van der Waals surface area contributed by atoms with Gasteiger partial charge in [-0.2, -0.15) is 0 Å². The topological polar surface area (TPSA) is 103 Å². The molecule has 0 aliphatic carbocycles. The number of piperidine rings is 1. The number of thiophene rings is 1. The van der Waals surface area contributed by atoms with Gasteiger partial charge in [0.2, 0.25) is 5.91 Å². The van der Waals surface area contributed by atoms with Crippen molar-refractivity contribution in [1.29, 1.82) is 0 Å². The number of carbonyl (C=O) groups excluding carboxylic acids is 2. The van der Waals surface area contributed by atoms with Gasteiger partial charge in [0.05, 0.1) is 36.5 Å². The number of nitrogens with zero attached hydrogens (tertiary/aromatic N) is 3. The fourth-order valence-electron chi connectivity index (χ4n) is 4.23. The Morgan fingerprint density at radius 2 is 2.06 bits per heavy atom. The van der Waals surface area contributed by atoms with Gasteiger partial charge in [-0.05, 0) is 43.4 Å². The lowest BCUT2D eigenvalue weighted by atomic mass is 10.0. The summed E-state index contributed by atoms with van der Waals surface area (Å²) in [6, 6.07) is 5.08. The molecular weight excluding hydrogens is 456 g/mol. The molecule has 1 atom stereocenters. The summed E-state index contributed by atoms with van der Waals surface area (Å²) >= 11 is 1.15. The van der Waals surface area contributed by atoms with Gasteiger partial charge in [-0.3, -0.25) is 19.0 Å². The molecule has 1 aromatic carbocycles. The number of anilines is 1. The molecule has 3 heterocycles. The van der Waals surface area contributed by atoms with Crippen molar-refractivity contribution in [2.24, 2.45) is 5.92 Å². The molecule has 4 rings (SSSR count). The number of ether oxygens (including phenoxy) is 2. The first kappa shape index (κ1) is 23.7. The lowest BCUT2D eigenvalue weighted by molar-refractivity contribution is -0.133. The number of hydrogen-bond donors (Lipinski definition) is 1. The fraction of sp³-hybridized carbons (Fsp3) is 0.417. The second-order valence-electron chi connectivity index (χ2n) is 8.52. The second kappa shape index (κ2) is 9.84. The molecule has 1 N–H and O–H groups in total. The van der Waals surface area contributed by atoms with E-state index in [0.29, 0.717) is 56.9 Å². The number of methoxy groups -OCH3 is 2. The van der Waals surface area contributed by atoms with Gasteiger partial charge in [0.1, 0.15) is 22.9 Å². The zero-order valence-corrected chi connectivity index (χ0v) is 20.5. The summed E-state index contributed by atoms with van der Waals surface area (Å²) in [5.41, 5.74) is 0.700. The van der Waals surface area contributed by atoms with Gasteiger partial charge in [0.25, 0.3) is 11.5 Å². The van der Waals surface area contributed by atoms with E-state index in [1.807, 2.05) is 4.90 Å². The highest BCUT2D eigenvalue weighted by atomic mass is 32.1. The minimum atomic E-state index is -0.367. The molecule has 2 amide bonds. The minimum absolute atomic E-state index is 0.0612. The Kier molecular flexibility index (Phi) is 6.87. The Morgan fingerprint density at radius 1 is 1.26 bits per heavy atom. The smallest absolute Gasteiger partial charge is 0.266 e. The third-order valence-corrected chi connectivity index (χ3v) is 7.29. The van der Waals surface area contributed by atoms with Crippen LogP contribution in [-0.4, -0.2) is 53.6 Å². The van der Waals surface area contributed by atoms with Crippen LogP contribution in [0.2, 0.25) is 0 Å². The molecule has 1 aliphatic rings. The van der Waals surface area contributed by atoms with Gasteiger partial charge in [-0.25, -0.2) is 4.98 Å². The van der Waals surface area contributed by atoms with Crippen LogP contribution in [0.3, 0.4) is 0 Å². The molecule has 0 bridgehead atoms. The maximum atomic E-state index is 13.2. The summed E-state index contributed by atoms with van der Waals surface area (Å²) < 4.78 is 11.9. The van der Waals surface area contributed by atoms with E-state index in [0.717, 1.165) is 24.2 Å². The number of fused-ring (bicyclic) bond motifs is 1. The predicted octanol–water partition coefficient (Wildman–Crippen LogP) is 3.29. The lowest BCUT2D eigenvalue weighted by Crippen LogP contribution is -2.42. The molecule has 34 heavy (non-hydrogen) atoms. The largest absolute Gasteiger partial charge is 0.497 e. The summed E-state index contributed by atoms with van der Waals surface area (Å²) in [5.74, 6) is 1.06. The third kappa shape index (κ3) is 4.63. The Hall–Kier alpha value is -3.40. The molecule has 9 nitrogen and oxygen atoms in total. The molecule has 3 aromatic rings. The summed E-state index contributed by atoms with van der Waals surface area (Å²) in [6.45, 7) is 5.21.